The molecule has 0 atom stereocenters. The lowest BCUT2D eigenvalue weighted by Gasteiger charge is -2.30. The van der Waals surface area contributed by atoms with Crippen molar-refractivity contribution in [1.29, 1.82) is 0 Å². The number of anilines is 3. The molecule has 2 heteroatoms. The van der Waals surface area contributed by atoms with Crippen molar-refractivity contribution < 1.29 is 4.42 Å². The Balaban J connectivity index is 1.37. The Kier molecular flexibility index (Phi) is 6.77. The van der Waals surface area contributed by atoms with Crippen LogP contribution < -0.4 is 4.90 Å². The van der Waals surface area contributed by atoms with Gasteiger partial charge in [0.15, 0.2) is 5.58 Å². The molecule has 1 heterocycles. The normalized spacial score (nSPS) is 15.4. The largest absolute Gasteiger partial charge is 0.454 e. The van der Waals surface area contributed by atoms with Crippen LogP contribution in [0, 0.1) is 0 Å². The smallest absolute Gasteiger partial charge is 0.159 e. The summed E-state index contributed by atoms with van der Waals surface area (Å²) in [5.41, 5.74) is 18.2. The van der Waals surface area contributed by atoms with E-state index in [0.717, 1.165) is 27.9 Å². The molecule has 2 nitrogen and oxygen atoms in total. The van der Waals surface area contributed by atoms with E-state index >= 15 is 0 Å². The van der Waals surface area contributed by atoms with Gasteiger partial charge in [0.05, 0.1) is 11.4 Å². The molecule has 7 aromatic rings. The minimum Gasteiger partial charge on any atom is -0.454 e. The van der Waals surface area contributed by atoms with Crippen molar-refractivity contribution in [3.63, 3.8) is 0 Å². The van der Waals surface area contributed by atoms with Gasteiger partial charge in [-0.3, -0.25) is 0 Å². The fourth-order valence-corrected chi connectivity index (χ4v) is 9.27. The summed E-state index contributed by atoms with van der Waals surface area (Å²) in [6, 6.07) is 43.3. The van der Waals surface area contributed by atoms with Crippen molar-refractivity contribution in [2.24, 2.45) is 0 Å². The molecule has 0 N–H and O–H groups in total. The lowest BCUT2D eigenvalue weighted by molar-refractivity contribution is 0.569. The molecular weight excluding hydrogens is 631 g/mol. The zero-order chi connectivity index (χ0) is 36.5. The molecule has 6 aromatic carbocycles. The van der Waals surface area contributed by atoms with Crippen molar-refractivity contribution in [2.45, 2.75) is 90.9 Å². The molecule has 0 saturated carbocycles. The highest BCUT2D eigenvalue weighted by Gasteiger charge is 2.40. The summed E-state index contributed by atoms with van der Waals surface area (Å²) >= 11 is 0. The number of benzene rings is 6. The molecule has 260 valence electrons. The van der Waals surface area contributed by atoms with Crippen LogP contribution >= 0.6 is 0 Å². The number of hydrogen-bond donors (Lipinski definition) is 0. The number of nitrogens with zero attached hydrogens (tertiary/aromatic N) is 1. The molecule has 9 rings (SSSR count). The highest BCUT2D eigenvalue weighted by molar-refractivity contribution is 6.13. The average molecular weight is 680 g/mol. The van der Waals surface area contributed by atoms with Crippen LogP contribution in [0.5, 0.6) is 0 Å². The summed E-state index contributed by atoms with van der Waals surface area (Å²) in [6.07, 6.45) is 0. The average Bonchev–Trinajstić information content (AvgIpc) is 3.68. The summed E-state index contributed by atoms with van der Waals surface area (Å²) < 4.78 is 7.15. The maximum absolute atomic E-state index is 7.15. The van der Waals surface area contributed by atoms with Crippen LogP contribution in [0.4, 0.5) is 17.1 Å². The van der Waals surface area contributed by atoms with Crippen LogP contribution in [0.3, 0.4) is 0 Å². The Morgan fingerprint density at radius 3 is 1.83 bits per heavy atom. The maximum Gasteiger partial charge on any atom is 0.159 e. The maximum atomic E-state index is 7.15. The molecule has 0 saturated heterocycles. The first kappa shape index (κ1) is 32.8. The number of rotatable bonds is 3. The molecule has 0 unspecified atom stereocenters. The van der Waals surface area contributed by atoms with E-state index in [1.165, 1.54) is 66.7 Å². The van der Waals surface area contributed by atoms with Crippen molar-refractivity contribution in [1.82, 2.24) is 0 Å². The van der Waals surface area contributed by atoms with E-state index in [2.05, 4.69) is 189 Å². The van der Waals surface area contributed by atoms with E-state index in [-0.39, 0.29) is 21.7 Å². The zero-order valence-electron chi connectivity index (χ0n) is 32.3. The molecule has 0 amide bonds. The first-order valence-electron chi connectivity index (χ1n) is 18.9. The number of para-hydroxylation sites is 1. The zero-order valence-corrected chi connectivity index (χ0v) is 32.3. The predicted octanol–water partition coefficient (Wildman–Crippen LogP) is 14.3. The van der Waals surface area contributed by atoms with Gasteiger partial charge < -0.3 is 9.32 Å². The van der Waals surface area contributed by atoms with E-state index in [1.54, 1.807) is 0 Å². The van der Waals surface area contributed by atoms with Gasteiger partial charge in [0.1, 0.15) is 5.58 Å². The van der Waals surface area contributed by atoms with E-state index in [4.69, 9.17) is 4.42 Å². The highest BCUT2D eigenvalue weighted by Crippen LogP contribution is 2.56. The molecule has 0 bridgehead atoms. The molecule has 1 aromatic heterocycles. The molecule has 0 radical (unpaired) electrons. The van der Waals surface area contributed by atoms with Crippen molar-refractivity contribution >= 4 is 39.0 Å². The third-order valence-corrected chi connectivity index (χ3v) is 12.1. The Labute approximate surface area is 309 Å². The Bertz CT molecular complexity index is 2600. The second kappa shape index (κ2) is 10.7. The third-order valence-electron chi connectivity index (χ3n) is 12.1. The monoisotopic (exact) mass is 679 g/mol. The standard InChI is InChI=1S/C50H49NO/c1-47(2,3)30-27-40(48(4,5)6)45-35-19-15-24-42(46(35)52-43(45)28-30)51(31-25-26-33-32-17-11-13-20-36(32)50(9,10)39(33)29-31)41-23-16-22-38-44(41)34-18-12-14-21-37(34)49(38,7)8/h11-29H,1-10H3. The summed E-state index contributed by atoms with van der Waals surface area (Å²) in [5, 5.41) is 2.37. The van der Waals surface area contributed by atoms with Crippen LogP contribution in [0.15, 0.2) is 120 Å². The molecule has 0 aliphatic heterocycles. The molecule has 2 aliphatic carbocycles. The molecule has 2 aliphatic rings. The number of furan rings is 1. The van der Waals surface area contributed by atoms with Gasteiger partial charge in [0, 0.05) is 32.9 Å². The number of hydrogen-bond acceptors (Lipinski definition) is 2. The van der Waals surface area contributed by atoms with E-state index < -0.39 is 0 Å². The molecule has 0 fully saturated rings. The summed E-state index contributed by atoms with van der Waals surface area (Å²) in [4.78, 5) is 2.49. The van der Waals surface area contributed by atoms with Crippen LogP contribution in [0.1, 0.15) is 103 Å². The van der Waals surface area contributed by atoms with Gasteiger partial charge in [-0.2, -0.15) is 0 Å². The third kappa shape index (κ3) is 4.56. The van der Waals surface area contributed by atoms with Crippen LogP contribution in [0.2, 0.25) is 0 Å². The Morgan fingerprint density at radius 2 is 1.12 bits per heavy atom. The van der Waals surface area contributed by atoms with Crippen LogP contribution in [-0.2, 0) is 21.7 Å². The van der Waals surface area contributed by atoms with Crippen LogP contribution in [0.25, 0.3) is 44.2 Å². The van der Waals surface area contributed by atoms with Crippen molar-refractivity contribution in [2.75, 3.05) is 4.90 Å². The fraction of sp³-hybridized carbons (Fsp3) is 0.280. The van der Waals surface area contributed by atoms with Gasteiger partial charge in [-0.25, -0.2) is 0 Å². The first-order valence-corrected chi connectivity index (χ1v) is 18.9. The van der Waals surface area contributed by atoms with Gasteiger partial charge in [-0.1, -0.05) is 154 Å². The molecule has 52 heavy (non-hydrogen) atoms. The Hall–Kier alpha value is -5.08. The molecule has 0 spiro atoms. The lowest BCUT2D eigenvalue weighted by Crippen LogP contribution is -2.17. The van der Waals surface area contributed by atoms with E-state index in [0.29, 0.717) is 0 Å². The quantitative estimate of drug-likeness (QED) is 0.185. The Morgan fingerprint density at radius 1 is 0.519 bits per heavy atom. The fourth-order valence-electron chi connectivity index (χ4n) is 9.27. The van der Waals surface area contributed by atoms with Crippen molar-refractivity contribution in [3.05, 3.63) is 149 Å². The van der Waals surface area contributed by atoms with Gasteiger partial charge in [0.25, 0.3) is 0 Å². The van der Waals surface area contributed by atoms with Crippen LogP contribution in [-0.4, -0.2) is 0 Å². The van der Waals surface area contributed by atoms with Gasteiger partial charge in [-0.05, 0) is 91.2 Å². The van der Waals surface area contributed by atoms with Gasteiger partial charge >= 0.3 is 0 Å². The highest BCUT2D eigenvalue weighted by atomic mass is 16.3. The van der Waals surface area contributed by atoms with E-state index in [9.17, 15) is 0 Å². The lowest BCUT2D eigenvalue weighted by atomic mass is 9.79. The van der Waals surface area contributed by atoms with Gasteiger partial charge in [-0.15, -0.1) is 0 Å². The predicted molar refractivity (Wildman–Crippen MR) is 221 cm³/mol. The van der Waals surface area contributed by atoms with Crippen molar-refractivity contribution in [3.8, 4) is 22.3 Å². The SMILES string of the molecule is CC(C)(C)c1cc(C(C)(C)C)c2c(c1)oc1c(N(c3ccc4c(c3)C(C)(C)c3ccccc3-4)c3cccc4c3-c3ccccc3C4(C)C)cccc12. The second-order valence-corrected chi connectivity index (χ2v) is 18.3. The minimum absolute atomic E-state index is 0.0123. The summed E-state index contributed by atoms with van der Waals surface area (Å²) in [5.74, 6) is 0. The van der Waals surface area contributed by atoms with Gasteiger partial charge in [0.2, 0.25) is 0 Å². The number of fused-ring (bicyclic) bond motifs is 9. The second-order valence-electron chi connectivity index (χ2n) is 18.3. The summed E-state index contributed by atoms with van der Waals surface area (Å²) in [6.45, 7) is 23.3. The summed E-state index contributed by atoms with van der Waals surface area (Å²) in [7, 11) is 0. The topological polar surface area (TPSA) is 16.4 Å². The molecular formula is C50H49NO. The first-order chi connectivity index (χ1) is 24.6. The minimum atomic E-state index is -0.128. The van der Waals surface area contributed by atoms with E-state index in [1.807, 2.05) is 0 Å².